The highest BCUT2D eigenvalue weighted by molar-refractivity contribution is 14.1. The normalized spacial score (nSPS) is 27.0. The van der Waals surface area contributed by atoms with Crippen molar-refractivity contribution in [3.8, 4) is 0 Å². The van der Waals surface area contributed by atoms with Crippen molar-refractivity contribution in [2.24, 2.45) is 11.7 Å². The SMILES string of the molecule is NCCCCN(C[C@@H]1CN(CC[C@@H](NC(=O)C2CCC(P)(I)CC2)c2ccccc2)CCN1)[C@H]1CCCc2cccnc21. The summed E-state index contributed by atoms with van der Waals surface area (Å²) in [7, 11) is 2.99. The lowest BCUT2D eigenvalue weighted by Gasteiger charge is -2.41. The Bertz CT molecular complexity index is 1140. The molecule has 9 heteroatoms. The zero-order valence-corrected chi connectivity index (χ0v) is 29.0. The van der Waals surface area contributed by atoms with Gasteiger partial charge < -0.3 is 21.3 Å². The number of nitrogens with one attached hydrogen (secondary N) is 2. The fraction of sp³-hybridized carbons (Fsp3) is 0.647. The molecule has 1 aromatic heterocycles. The number of carbonyl (C=O) groups is 1. The van der Waals surface area contributed by atoms with Crippen molar-refractivity contribution in [1.29, 1.82) is 0 Å². The Labute approximate surface area is 275 Å². The number of carbonyl (C=O) groups excluding carboxylic acids is 1. The Kier molecular flexibility index (Phi) is 12.7. The molecule has 1 aromatic carbocycles. The molecule has 2 aliphatic carbocycles. The first-order chi connectivity index (χ1) is 20.9. The molecule has 1 saturated heterocycles. The molecule has 2 heterocycles. The zero-order valence-electron chi connectivity index (χ0n) is 25.7. The van der Waals surface area contributed by atoms with Crippen LogP contribution >= 0.6 is 31.8 Å². The highest BCUT2D eigenvalue weighted by Crippen LogP contribution is 2.44. The van der Waals surface area contributed by atoms with Crippen LogP contribution in [0.15, 0.2) is 48.7 Å². The number of benzene rings is 1. The van der Waals surface area contributed by atoms with E-state index in [2.05, 4.69) is 94.7 Å². The van der Waals surface area contributed by atoms with E-state index in [-0.39, 0.29) is 21.0 Å². The van der Waals surface area contributed by atoms with E-state index in [0.29, 0.717) is 12.1 Å². The van der Waals surface area contributed by atoms with E-state index in [1.165, 1.54) is 29.7 Å². The summed E-state index contributed by atoms with van der Waals surface area (Å²) in [6.45, 7) is 6.88. The molecule has 0 radical (unpaired) electrons. The van der Waals surface area contributed by atoms with Gasteiger partial charge in [0.05, 0.1) is 17.8 Å². The van der Waals surface area contributed by atoms with Crippen LogP contribution in [0.2, 0.25) is 0 Å². The Morgan fingerprint density at radius 1 is 1.19 bits per heavy atom. The minimum absolute atomic E-state index is 0.0434. The van der Waals surface area contributed by atoms with Gasteiger partial charge >= 0.3 is 0 Å². The van der Waals surface area contributed by atoms with Crippen LogP contribution in [0.5, 0.6) is 0 Å². The largest absolute Gasteiger partial charge is 0.349 e. The molecule has 2 aromatic rings. The molecule has 2 fully saturated rings. The molecule has 0 bridgehead atoms. The summed E-state index contributed by atoms with van der Waals surface area (Å²) in [6.07, 6.45) is 12.7. The number of rotatable bonds is 13. The van der Waals surface area contributed by atoms with Crippen LogP contribution in [0.25, 0.3) is 0 Å². The van der Waals surface area contributed by atoms with Gasteiger partial charge in [-0.05, 0) is 94.5 Å². The number of pyridine rings is 1. The number of amides is 1. The Morgan fingerprint density at radius 3 is 2.79 bits per heavy atom. The molecule has 1 saturated carbocycles. The summed E-state index contributed by atoms with van der Waals surface area (Å²) in [5.74, 6) is 0.362. The molecule has 0 spiro atoms. The highest BCUT2D eigenvalue weighted by atomic mass is 127. The average Bonchev–Trinajstić information content (AvgIpc) is 3.03. The summed E-state index contributed by atoms with van der Waals surface area (Å²) in [4.78, 5) is 23.6. The van der Waals surface area contributed by atoms with Crippen LogP contribution in [0, 0.1) is 5.92 Å². The van der Waals surface area contributed by atoms with Gasteiger partial charge in [0, 0.05) is 54.0 Å². The van der Waals surface area contributed by atoms with E-state index in [4.69, 9.17) is 10.7 Å². The summed E-state index contributed by atoms with van der Waals surface area (Å²) in [6, 6.07) is 15.8. The number of fused-ring (bicyclic) bond motifs is 1. The Morgan fingerprint density at radius 2 is 2.00 bits per heavy atom. The van der Waals surface area contributed by atoms with Crippen molar-refractivity contribution in [2.75, 3.05) is 45.8 Å². The maximum absolute atomic E-state index is 13.4. The van der Waals surface area contributed by atoms with Gasteiger partial charge in [-0.25, -0.2) is 0 Å². The van der Waals surface area contributed by atoms with Gasteiger partial charge in [-0.3, -0.25) is 14.7 Å². The van der Waals surface area contributed by atoms with Crippen molar-refractivity contribution in [3.05, 3.63) is 65.5 Å². The molecule has 1 aliphatic heterocycles. The molecular formula is C34H52IN6OP. The molecule has 236 valence electrons. The molecule has 7 nitrogen and oxygen atoms in total. The molecular weight excluding hydrogens is 666 g/mol. The van der Waals surface area contributed by atoms with Crippen LogP contribution in [0.3, 0.4) is 0 Å². The third-order valence-corrected chi connectivity index (χ3v) is 11.4. The van der Waals surface area contributed by atoms with Gasteiger partial charge in [-0.15, -0.1) is 9.24 Å². The molecule has 1 amide bonds. The van der Waals surface area contributed by atoms with Crippen LogP contribution in [0.1, 0.15) is 86.7 Å². The van der Waals surface area contributed by atoms with Crippen LogP contribution < -0.4 is 16.4 Å². The maximum atomic E-state index is 13.4. The van der Waals surface area contributed by atoms with Gasteiger partial charge in [0.1, 0.15) is 0 Å². The molecule has 43 heavy (non-hydrogen) atoms. The Hall–Kier alpha value is -1.16. The van der Waals surface area contributed by atoms with E-state index < -0.39 is 0 Å². The fourth-order valence-electron chi connectivity index (χ4n) is 7.25. The van der Waals surface area contributed by atoms with E-state index in [1.807, 2.05) is 6.20 Å². The number of halogens is 1. The number of hydrogen-bond donors (Lipinski definition) is 3. The third-order valence-electron chi connectivity index (χ3n) is 9.74. The number of aromatic nitrogens is 1. The van der Waals surface area contributed by atoms with Crippen molar-refractivity contribution < 1.29 is 4.79 Å². The number of unbranched alkanes of at least 4 members (excludes halogenated alkanes) is 1. The molecule has 4 atom stereocenters. The van der Waals surface area contributed by atoms with Crippen LogP contribution in [-0.2, 0) is 11.2 Å². The van der Waals surface area contributed by atoms with Crippen LogP contribution in [-0.4, -0.2) is 75.7 Å². The quantitative estimate of drug-likeness (QED) is 0.114. The summed E-state index contributed by atoms with van der Waals surface area (Å²) in [5, 5.41) is 7.31. The smallest absolute Gasteiger partial charge is 0.223 e. The first-order valence-electron chi connectivity index (χ1n) is 16.6. The lowest BCUT2D eigenvalue weighted by Crippen LogP contribution is -2.55. The first kappa shape index (κ1) is 33.2. The summed E-state index contributed by atoms with van der Waals surface area (Å²) >= 11 is 2.54. The summed E-state index contributed by atoms with van der Waals surface area (Å²) in [5.41, 5.74) is 9.80. The molecule has 3 aliphatic rings. The van der Waals surface area contributed by atoms with Crippen molar-refractivity contribution >= 4 is 37.7 Å². The molecule has 4 N–H and O–H groups in total. The zero-order chi connectivity index (χ0) is 30.1. The fourth-order valence-corrected chi connectivity index (χ4v) is 8.20. The lowest BCUT2D eigenvalue weighted by atomic mass is 9.87. The second-order valence-electron chi connectivity index (χ2n) is 13.0. The van der Waals surface area contributed by atoms with Gasteiger partial charge in [0.2, 0.25) is 5.91 Å². The van der Waals surface area contributed by atoms with E-state index >= 15 is 0 Å². The van der Waals surface area contributed by atoms with Crippen LogP contribution in [0.4, 0.5) is 0 Å². The van der Waals surface area contributed by atoms with Crippen molar-refractivity contribution in [1.82, 2.24) is 25.4 Å². The highest BCUT2D eigenvalue weighted by Gasteiger charge is 2.34. The second-order valence-corrected chi connectivity index (χ2v) is 17.4. The third kappa shape index (κ3) is 9.67. The number of aryl methyl sites for hydroxylation is 1. The monoisotopic (exact) mass is 718 g/mol. The summed E-state index contributed by atoms with van der Waals surface area (Å²) < 4.78 is 0.253. The predicted octanol–water partition coefficient (Wildman–Crippen LogP) is 5.22. The van der Waals surface area contributed by atoms with E-state index in [9.17, 15) is 4.79 Å². The molecule has 5 rings (SSSR count). The average molecular weight is 719 g/mol. The number of hydrogen-bond acceptors (Lipinski definition) is 6. The number of nitrogens with zero attached hydrogens (tertiary/aromatic N) is 3. The van der Waals surface area contributed by atoms with Gasteiger partial charge in [0.25, 0.3) is 0 Å². The minimum Gasteiger partial charge on any atom is -0.349 e. The maximum Gasteiger partial charge on any atom is 0.223 e. The number of nitrogens with two attached hydrogens (primary N) is 1. The van der Waals surface area contributed by atoms with Crippen molar-refractivity contribution in [2.45, 2.75) is 85.5 Å². The second kappa shape index (κ2) is 16.4. The first-order valence-corrected chi connectivity index (χ1v) is 18.2. The molecule has 1 unspecified atom stereocenters. The number of piperazine rings is 1. The van der Waals surface area contributed by atoms with Crippen molar-refractivity contribution in [3.63, 3.8) is 0 Å². The van der Waals surface area contributed by atoms with Gasteiger partial charge in [-0.2, -0.15) is 0 Å². The van der Waals surface area contributed by atoms with Gasteiger partial charge in [0.15, 0.2) is 0 Å². The minimum atomic E-state index is 0.0434. The van der Waals surface area contributed by atoms with E-state index in [1.54, 1.807) is 0 Å². The number of alkyl halides is 1. The predicted molar refractivity (Wildman–Crippen MR) is 188 cm³/mol. The topological polar surface area (TPSA) is 86.5 Å². The van der Waals surface area contributed by atoms with E-state index in [0.717, 1.165) is 97.2 Å². The Balaban J connectivity index is 1.20. The lowest BCUT2D eigenvalue weighted by molar-refractivity contribution is -0.126. The standard InChI is InChI=1S/C34H52IN6OP/c35-34(43)16-13-28(14-17-34)33(42)39-30(26-8-2-1-3-9-26)15-22-40-23-20-37-29(24-40)25-41(21-5-4-18-36)31-12-6-10-27-11-7-19-38-32(27)31/h1-3,7-9,11,19,28-31,37H,4-6,10,12-18,20-25,36,43H2,(H,39,42)/t28?,29-,30+,31-,34?/m0/s1. The van der Waals surface area contributed by atoms with Gasteiger partial charge in [-0.1, -0.05) is 59.0 Å².